The molecule has 0 radical (unpaired) electrons. The number of anilines is 1. The zero-order chi connectivity index (χ0) is 12.7. The summed E-state index contributed by atoms with van der Waals surface area (Å²) < 4.78 is 0. The number of para-hydroxylation sites is 1. The molecule has 1 atom stereocenters. The van der Waals surface area contributed by atoms with Gasteiger partial charge in [-0.15, -0.1) is 0 Å². The summed E-state index contributed by atoms with van der Waals surface area (Å²) in [7, 11) is 0. The molecule has 0 amide bonds. The molecule has 2 aliphatic rings. The maximum absolute atomic E-state index is 6.29. The molecule has 2 heterocycles. The lowest BCUT2D eigenvalue weighted by atomic mass is 10.2. The molecular weight excluding hydrogens is 269 g/mol. The molecule has 3 rings (SSSR count). The van der Waals surface area contributed by atoms with E-state index in [0.717, 1.165) is 37.7 Å². The molecule has 0 spiro atoms. The summed E-state index contributed by atoms with van der Waals surface area (Å²) in [5, 5.41) is 1.37. The Hall–Kier alpha value is -0.930. The molecule has 0 bridgehead atoms. The molecule has 1 saturated heterocycles. The van der Waals surface area contributed by atoms with Gasteiger partial charge < -0.3 is 9.80 Å². The number of aliphatic imine (C=N–C) groups is 1. The lowest BCUT2D eigenvalue weighted by molar-refractivity contribution is 0.353. The number of rotatable bonds is 1. The van der Waals surface area contributed by atoms with Crippen molar-refractivity contribution in [3.63, 3.8) is 0 Å². The highest BCUT2D eigenvalue weighted by Gasteiger charge is 2.36. The van der Waals surface area contributed by atoms with Crippen molar-refractivity contribution in [3.8, 4) is 0 Å². The number of nitrogens with zero attached hydrogens (tertiary/aromatic N) is 3. The molecular formula is C13H15Cl2N3. The number of hydrogen-bond acceptors (Lipinski definition) is 3. The molecule has 5 heteroatoms. The predicted octanol–water partition coefficient (Wildman–Crippen LogP) is 3.26. The Kier molecular flexibility index (Phi) is 3.12. The van der Waals surface area contributed by atoms with Crippen LogP contribution in [0.1, 0.15) is 13.3 Å². The van der Waals surface area contributed by atoms with Crippen molar-refractivity contribution in [1.82, 2.24) is 4.90 Å². The minimum Gasteiger partial charge on any atom is -0.338 e. The first kappa shape index (κ1) is 12.1. The van der Waals surface area contributed by atoms with Gasteiger partial charge in [0, 0.05) is 25.7 Å². The Labute approximate surface area is 117 Å². The SMILES string of the molecule is CC1CN(c2c(Cl)cccc2Cl)C2=NCCCN21. The fourth-order valence-electron chi connectivity index (χ4n) is 2.65. The summed E-state index contributed by atoms with van der Waals surface area (Å²) in [6, 6.07) is 6.07. The molecule has 0 saturated carbocycles. The lowest BCUT2D eigenvalue weighted by Crippen LogP contribution is -2.39. The van der Waals surface area contributed by atoms with E-state index in [1.807, 2.05) is 18.2 Å². The lowest BCUT2D eigenvalue weighted by Gasteiger charge is -2.28. The minimum absolute atomic E-state index is 0.455. The second kappa shape index (κ2) is 4.63. The number of guanidine groups is 1. The first-order valence-electron chi connectivity index (χ1n) is 6.21. The van der Waals surface area contributed by atoms with Crippen molar-refractivity contribution >= 4 is 34.8 Å². The molecule has 0 aliphatic carbocycles. The van der Waals surface area contributed by atoms with E-state index in [1.54, 1.807) is 0 Å². The van der Waals surface area contributed by atoms with Gasteiger partial charge in [-0.2, -0.15) is 0 Å². The number of halogens is 2. The molecule has 18 heavy (non-hydrogen) atoms. The summed E-state index contributed by atoms with van der Waals surface area (Å²) in [5.74, 6) is 1.02. The zero-order valence-electron chi connectivity index (χ0n) is 10.2. The van der Waals surface area contributed by atoms with Crippen LogP contribution in [0.4, 0.5) is 5.69 Å². The van der Waals surface area contributed by atoms with Crippen LogP contribution in [-0.4, -0.2) is 36.5 Å². The van der Waals surface area contributed by atoms with Crippen LogP contribution in [0.2, 0.25) is 10.0 Å². The van der Waals surface area contributed by atoms with Crippen molar-refractivity contribution in [2.45, 2.75) is 19.4 Å². The van der Waals surface area contributed by atoms with Crippen LogP contribution in [-0.2, 0) is 0 Å². The normalized spacial score (nSPS) is 23.1. The average molecular weight is 284 g/mol. The summed E-state index contributed by atoms with van der Waals surface area (Å²) in [5.41, 5.74) is 0.885. The van der Waals surface area contributed by atoms with Crippen molar-refractivity contribution in [1.29, 1.82) is 0 Å². The van der Waals surface area contributed by atoms with E-state index in [9.17, 15) is 0 Å². The third-order valence-electron chi connectivity index (χ3n) is 3.49. The zero-order valence-corrected chi connectivity index (χ0v) is 11.7. The molecule has 1 unspecified atom stereocenters. The average Bonchev–Trinajstić information content (AvgIpc) is 2.68. The van der Waals surface area contributed by atoms with E-state index >= 15 is 0 Å². The van der Waals surface area contributed by atoms with E-state index in [1.165, 1.54) is 0 Å². The van der Waals surface area contributed by atoms with Crippen molar-refractivity contribution in [3.05, 3.63) is 28.2 Å². The Morgan fingerprint density at radius 2 is 2.00 bits per heavy atom. The van der Waals surface area contributed by atoms with E-state index < -0.39 is 0 Å². The van der Waals surface area contributed by atoms with Gasteiger partial charge in [-0.05, 0) is 25.5 Å². The highest BCUT2D eigenvalue weighted by molar-refractivity contribution is 6.40. The summed E-state index contributed by atoms with van der Waals surface area (Å²) in [6.45, 7) is 5.06. The second-order valence-electron chi connectivity index (χ2n) is 4.76. The summed E-state index contributed by atoms with van der Waals surface area (Å²) >= 11 is 12.6. The Bertz CT molecular complexity index is 481. The molecule has 3 nitrogen and oxygen atoms in total. The highest BCUT2D eigenvalue weighted by Crippen LogP contribution is 2.37. The quantitative estimate of drug-likeness (QED) is 0.788. The van der Waals surface area contributed by atoms with Crippen molar-refractivity contribution < 1.29 is 0 Å². The van der Waals surface area contributed by atoms with Gasteiger partial charge in [0.05, 0.1) is 15.7 Å². The molecule has 0 N–H and O–H groups in total. The fraction of sp³-hybridized carbons (Fsp3) is 0.462. The van der Waals surface area contributed by atoms with Crippen LogP contribution in [0, 0.1) is 0 Å². The third kappa shape index (κ3) is 1.86. The van der Waals surface area contributed by atoms with E-state index in [-0.39, 0.29) is 0 Å². The topological polar surface area (TPSA) is 18.8 Å². The fourth-order valence-corrected chi connectivity index (χ4v) is 3.25. The maximum Gasteiger partial charge on any atom is 0.201 e. The van der Waals surface area contributed by atoms with Gasteiger partial charge in [-0.1, -0.05) is 29.3 Å². The Morgan fingerprint density at radius 3 is 2.72 bits per heavy atom. The van der Waals surface area contributed by atoms with Crippen LogP contribution in [0.15, 0.2) is 23.2 Å². The Balaban J connectivity index is 2.05. The van der Waals surface area contributed by atoms with Crippen molar-refractivity contribution in [2.24, 2.45) is 4.99 Å². The molecule has 0 aromatic heterocycles. The number of hydrogen-bond donors (Lipinski definition) is 0. The largest absolute Gasteiger partial charge is 0.338 e. The summed E-state index contributed by atoms with van der Waals surface area (Å²) in [6.07, 6.45) is 1.12. The van der Waals surface area contributed by atoms with Gasteiger partial charge in [-0.3, -0.25) is 4.99 Å². The van der Waals surface area contributed by atoms with E-state index in [4.69, 9.17) is 23.2 Å². The number of benzene rings is 1. The van der Waals surface area contributed by atoms with Gasteiger partial charge in [0.1, 0.15) is 0 Å². The Morgan fingerprint density at radius 1 is 1.28 bits per heavy atom. The van der Waals surface area contributed by atoms with Gasteiger partial charge >= 0.3 is 0 Å². The second-order valence-corrected chi connectivity index (χ2v) is 5.57. The smallest absolute Gasteiger partial charge is 0.201 e. The van der Waals surface area contributed by atoms with E-state index in [2.05, 4.69) is 21.7 Å². The van der Waals surface area contributed by atoms with Gasteiger partial charge in [0.25, 0.3) is 0 Å². The van der Waals surface area contributed by atoms with Gasteiger partial charge in [0.15, 0.2) is 0 Å². The third-order valence-corrected chi connectivity index (χ3v) is 4.10. The standard InChI is InChI=1S/C13H15Cl2N3/c1-9-8-18(13-16-6-3-7-17(9)13)12-10(14)4-2-5-11(12)15/h2,4-5,9H,3,6-8H2,1H3. The predicted molar refractivity (Wildman–Crippen MR) is 76.9 cm³/mol. The monoisotopic (exact) mass is 283 g/mol. The van der Waals surface area contributed by atoms with Crippen LogP contribution in [0.25, 0.3) is 0 Å². The molecule has 2 aliphatic heterocycles. The summed E-state index contributed by atoms with van der Waals surface area (Å²) in [4.78, 5) is 9.12. The van der Waals surface area contributed by atoms with Gasteiger partial charge in [-0.25, -0.2) is 0 Å². The first-order chi connectivity index (χ1) is 8.68. The van der Waals surface area contributed by atoms with Crippen molar-refractivity contribution in [2.75, 3.05) is 24.5 Å². The highest BCUT2D eigenvalue weighted by atomic mass is 35.5. The first-order valence-corrected chi connectivity index (χ1v) is 6.96. The van der Waals surface area contributed by atoms with Crippen LogP contribution in [0.5, 0.6) is 0 Å². The van der Waals surface area contributed by atoms with Gasteiger partial charge in [0.2, 0.25) is 5.96 Å². The maximum atomic E-state index is 6.29. The molecule has 1 fully saturated rings. The van der Waals surface area contributed by atoms with E-state index in [0.29, 0.717) is 16.1 Å². The molecule has 1 aromatic rings. The molecule has 1 aromatic carbocycles. The van der Waals surface area contributed by atoms with Crippen LogP contribution >= 0.6 is 23.2 Å². The minimum atomic E-state index is 0.455. The molecule has 96 valence electrons. The number of fused-ring (bicyclic) bond motifs is 1. The van der Waals surface area contributed by atoms with Crippen LogP contribution < -0.4 is 4.90 Å². The van der Waals surface area contributed by atoms with Crippen LogP contribution in [0.3, 0.4) is 0 Å².